The van der Waals surface area contributed by atoms with Crippen molar-refractivity contribution in [1.29, 1.82) is 0 Å². The maximum absolute atomic E-state index is 12.4. The molecule has 1 amide bonds. The van der Waals surface area contributed by atoms with Gasteiger partial charge in [0.25, 0.3) is 0 Å². The van der Waals surface area contributed by atoms with Crippen molar-refractivity contribution in [3.63, 3.8) is 0 Å². The molecule has 0 unspecified atom stereocenters. The van der Waals surface area contributed by atoms with Crippen LogP contribution in [0.15, 0.2) is 42.0 Å². The van der Waals surface area contributed by atoms with E-state index in [1.165, 1.54) is 17.6 Å². The molecule has 0 spiro atoms. The number of esters is 1. The van der Waals surface area contributed by atoms with Crippen molar-refractivity contribution < 1.29 is 19.1 Å². The Balaban J connectivity index is 2.02. The standard InChI is InChI=1S/C21H25NO4/c1-21(2,3)26-20(24)22-15-17(14-18(22)19(23)25-4)13-9-8-12-16-10-6-5-7-11-16/h5-7,10-11,14,18H,8,12,15H2,1-4H3/t18-/m0/s1. The second-order valence-electron chi connectivity index (χ2n) is 7.06. The van der Waals surface area contributed by atoms with Gasteiger partial charge in [0.15, 0.2) is 6.04 Å². The molecule has 0 N–H and O–H groups in total. The molecule has 0 saturated heterocycles. The van der Waals surface area contributed by atoms with Gasteiger partial charge in [0.2, 0.25) is 0 Å². The average Bonchev–Trinajstić information content (AvgIpc) is 3.02. The van der Waals surface area contributed by atoms with Gasteiger partial charge in [0.05, 0.1) is 13.7 Å². The van der Waals surface area contributed by atoms with Crippen molar-refractivity contribution in [3.8, 4) is 11.8 Å². The molecular weight excluding hydrogens is 330 g/mol. The molecule has 1 aliphatic rings. The first-order valence-electron chi connectivity index (χ1n) is 8.61. The molecule has 0 bridgehead atoms. The van der Waals surface area contributed by atoms with Crippen molar-refractivity contribution >= 4 is 12.1 Å². The Bertz CT molecular complexity index is 735. The number of hydrogen-bond donors (Lipinski definition) is 0. The normalized spacial score (nSPS) is 16.4. The van der Waals surface area contributed by atoms with E-state index >= 15 is 0 Å². The second-order valence-corrected chi connectivity index (χ2v) is 7.06. The van der Waals surface area contributed by atoms with Crippen LogP contribution in [0.25, 0.3) is 0 Å². The maximum atomic E-state index is 12.4. The van der Waals surface area contributed by atoms with Gasteiger partial charge in [0.1, 0.15) is 5.60 Å². The molecule has 0 aromatic heterocycles. The lowest BCUT2D eigenvalue weighted by Crippen LogP contribution is -2.44. The first-order chi connectivity index (χ1) is 12.3. The third-order valence-electron chi connectivity index (χ3n) is 3.74. The highest BCUT2D eigenvalue weighted by Crippen LogP contribution is 2.21. The van der Waals surface area contributed by atoms with Crippen molar-refractivity contribution in [3.05, 3.63) is 47.5 Å². The summed E-state index contributed by atoms with van der Waals surface area (Å²) >= 11 is 0. The zero-order valence-electron chi connectivity index (χ0n) is 15.7. The fourth-order valence-corrected chi connectivity index (χ4v) is 2.54. The fourth-order valence-electron chi connectivity index (χ4n) is 2.54. The Kier molecular flexibility index (Phi) is 6.46. The highest BCUT2D eigenvalue weighted by atomic mass is 16.6. The van der Waals surface area contributed by atoms with Gasteiger partial charge >= 0.3 is 12.1 Å². The Morgan fingerprint density at radius 3 is 2.54 bits per heavy atom. The Hall–Kier alpha value is -2.74. The zero-order valence-corrected chi connectivity index (χ0v) is 15.7. The molecule has 1 aromatic carbocycles. The lowest BCUT2D eigenvalue weighted by Gasteiger charge is -2.27. The van der Waals surface area contributed by atoms with E-state index in [2.05, 4.69) is 24.0 Å². The number of benzene rings is 1. The average molecular weight is 355 g/mol. The van der Waals surface area contributed by atoms with Crippen LogP contribution in [0.4, 0.5) is 4.79 Å². The number of aryl methyl sites for hydroxylation is 1. The van der Waals surface area contributed by atoms with E-state index in [9.17, 15) is 9.59 Å². The highest BCUT2D eigenvalue weighted by molar-refractivity contribution is 5.85. The molecule has 5 nitrogen and oxygen atoms in total. The predicted molar refractivity (Wildman–Crippen MR) is 99.4 cm³/mol. The number of carbonyl (C=O) groups is 2. The van der Waals surface area contributed by atoms with E-state index in [1.807, 2.05) is 18.2 Å². The lowest BCUT2D eigenvalue weighted by atomic mass is 10.1. The first-order valence-corrected chi connectivity index (χ1v) is 8.61. The van der Waals surface area contributed by atoms with Crippen molar-refractivity contribution in [1.82, 2.24) is 4.90 Å². The van der Waals surface area contributed by atoms with Crippen LogP contribution in [0.1, 0.15) is 32.8 Å². The fraction of sp³-hybridized carbons (Fsp3) is 0.429. The van der Waals surface area contributed by atoms with Gasteiger partial charge < -0.3 is 9.47 Å². The molecule has 0 fully saturated rings. The lowest BCUT2D eigenvalue weighted by molar-refractivity contribution is -0.144. The minimum Gasteiger partial charge on any atom is -0.467 e. The molecule has 1 atom stereocenters. The van der Waals surface area contributed by atoms with E-state index in [0.29, 0.717) is 6.42 Å². The summed E-state index contributed by atoms with van der Waals surface area (Å²) in [5.41, 5.74) is 1.31. The minimum absolute atomic E-state index is 0.243. The first kappa shape index (κ1) is 19.6. The third kappa shape index (κ3) is 5.66. The molecule has 5 heteroatoms. The Labute approximate surface area is 155 Å². The zero-order chi connectivity index (χ0) is 19.2. The molecular formula is C21H25NO4. The summed E-state index contributed by atoms with van der Waals surface area (Å²) in [6.07, 6.45) is 2.68. The van der Waals surface area contributed by atoms with Crippen molar-refractivity contribution in [2.45, 2.75) is 45.3 Å². The molecule has 0 radical (unpaired) electrons. The molecule has 0 saturated carbocycles. The Morgan fingerprint density at radius 2 is 1.92 bits per heavy atom. The van der Waals surface area contributed by atoms with E-state index in [-0.39, 0.29) is 6.54 Å². The molecule has 0 aliphatic carbocycles. The number of ether oxygens (including phenoxy) is 2. The van der Waals surface area contributed by atoms with Crippen LogP contribution in [0, 0.1) is 11.8 Å². The van der Waals surface area contributed by atoms with Crippen molar-refractivity contribution in [2.75, 3.05) is 13.7 Å². The predicted octanol–water partition coefficient (Wildman–Crippen LogP) is 3.34. The van der Waals surface area contributed by atoms with Gasteiger partial charge in [-0.15, -0.1) is 0 Å². The van der Waals surface area contributed by atoms with Crippen LogP contribution in [0.2, 0.25) is 0 Å². The molecule has 138 valence electrons. The van der Waals surface area contributed by atoms with Gasteiger partial charge in [-0.2, -0.15) is 0 Å². The smallest absolute Gasteiger partial charge is 0.411 e. The van der Waals surface area contributed by atoms with Crippen LogP contribution in [0.3, 0.4) is 0 Å². The minimum atomic E-state index is -0.798. The maximum Gasteiger partial charge on any atom is 0.411 e. The molecule has 1 aromatic rings. The monoisotopic (exact) mass is 355 g/mol. The number of rotatable bonds is 3. The summed E-state index contributed by atoms with van der Waals surface area (Å²) in [6, 6.07) is 9.32. The van der Waals surface area contributed by atoms with E-state index in [0.717, 1.165) is 12.0 Å². The molecule has 26 heavy (non-hydrogen) atoms. The summed E-state index contributed by atoms with van der Waals surface area (Å²) in [5, 5.41) is 0. The van der Waals surface area contributed by atoms with Gasteiger partial charge in [-0.05, 0) is 38.8 Å². The number of methoxy groups -OCH3 is 1. The van der Waals surface area contributed by atoms with Gasteiger partial charge in [-0.25, -0.2) is 9.59 Å². The van der Waals surface area contributed by atoms with Crippen LogP contribution in [0.5, 0.6) is 0 Å². The topological polar surface area (TPSA) is 55.8 Å². The highest BCUT2D eigenvalue weighted by Gasteiger charge is 2.36. The summed E-state index contributed by atoms with van der Waals surface area (Å²) < 4.78 is 10.2. The number of nitrogens with zero attached hydrogens (tertiary/aromatic N) is 1. The number of carbonyl (C=O) groups excluding carboxylic acids is 2. The molecule has 2 rings (SSSR count). The van der Waals surface area contributed by atoms with Crippen LogP contribution < -0.4 is 0 Å². The van der Waals surface area contributed by atoms with Crippen LogP contribution in [-0.2, 0) is 20.7 Å². The quantitative estimate of drug-likeness (QED) is 0.616. The van der Waals surface area contributed by atoms with Crippen molar-refractivity contribution in [2.24, 2.45) is 0 Å². The summed E-state index contributed by atoms with van der Waals surface area (Å²) in [5.74, 6) is 5.67. The van der Waals surface area contributed by atoms with E-state index in [1.54, 1.807) is 26.8 Å². The van der Waals surface area contributed by atoms with E-state index in [4.69, 9.17) is 9.47 Å². The van der Waals surface area contributed by atoms with Gasteiger partial charge in [0, 0.05) is 12.0 Å². The van der Waals surface area contributed by atoms with Crippen LogP contribution in [-0.4, -0.2) is 42.3 Å². The largest absolute Gasteiger partial charge is 0.467 e. The second kappa shape index (κ2) is 8.57. The van der Waals surface area contributed by atoms with E-state index < -0.39 is 23.7 Å². The van der Waals surface area contributed by atoms with Crippen LogP contribution >= 0.6 is 0 Å². The number of amides is 1. The SMILES string of the molecule is COC(=O)[C@@H]1C=C(C#CCCc2ccccc2)CN1C(=O)OC(C)(C)C. The summed E-state index contributed by atoms with van der Waals surface area (Å²) in [4.78, 5) is 25.7. The molecule has 1 heterocycles. The number of hydrogen-bond acceptors (Lipinski definition) is 4. The van der Waals surface area contributed by atoms with Gasteiger partial charge in [-0.1, -0.05) is 42.2 Å². The molecule has 1 aliphatic heterocycles. The Morgan fingerprint density at radius 1 is 1.23 bits per heavy atom. The van der Waals surface area contributed by atoms with Gasteiger partial charge in [-0.3, -0.25) is 4.90 Å². The summed E-state index contributed by atoms with van der Waals surface area (Å²) in [6.45, 7) is 5.59. The summed E-state index contributed by atoms with van der Waals surface area (Å²) in [7, 11) is 1.30. The third-order valence-corrected chi connectivity index (χ3v) is 3.74.